The fraction of sp³-hybridized carbons (Fsp3) is 0.190. The Morgan fingerprint density at radius 1 is 1.23 bits per heavy atom. The van der Waals surface area contributed by atoms with Gasteiger partial charge in [0.2, 0.25) is 5.91 Å². The van der Waals surface area contributed by atoms with Gasteiger partial charge in [0.1, 0.15) is 23.7 Å². The Bertz CT molecular complexity index is 1070. The number of phenols is 1. The van der Waals surface area contributed by atoms with Gasteiger partial charge in [0.05, 0.1) is 16.2 Å². The van der Waals surface area contributed by atoms with Gasteiger partial charge in [0.25, 0.3) is 0 Å². The average Bonchev–Trinajstić information content (AvgIpc) is 3.32. The van der Waals surface area contributed by atoms with Crippen LogP contribution in [0.1, 0.15) is 12.8 Å². The highest BCUT2D eigenvalue weighted by atomic mass is 35.5. The fourth-order valence-corrected chi connectivity index (χ4v) is 2.88. The number of hydrogen-bond donors (Lipinski definition) is 3. The largest absolute Gasteiger partial charge is 0.506 e. The summed E-state index contributed by atoms with van der Waals surface area (Å²) in [7, 11) is 0. The summed E-state index contributed by atoms with van der Waals surface area (Å²) in [5.41, 5.74) is 1.17. The number of hydrogen-bond acceptors (Lipinski definition) is 6. The second-order valence-corrected chi connectivity index (χ2v) is 6.78. The molecule has 1 aromatic heterocycles. The quantitative estimate of drug-likeness (QED) is 0.406. The van der Waals surface area contributed by atoms with E-state index in [1.165, 1.54) is 49.5 Å². The van der Waals surface area contributed by atoms with Gasteiger partial charge in [-0.1, -0.05) is 18.2 Å². The summed E-state index contributed by atoms with van der Waals surface area (Å²) in [4.78, 5) is 19.7. The molecule has 1 saturated heterocycles. The number of aromatic hydroxyl groups is 1. The lowest BCUT2D eigenvalue weighted by Gasteiger charge is -2.11. The first kappa shape index (κ1) is 21.5. The lowest BCUT2D eigenvalue weighted by Crippen LogP contribution is -2.07. The molecule has 9 heteroatoms. The molecule has 1 aliphatic heterocycles. The number of benzene rings is 2. The lowest BCUT2D eigenvalue weighted by atomic mass is 10.2. The molecule has 0 bridgehead atoms. The number of aromatic nitrogens is 2. The second kappa shape index (κ2) is 10.00. The maximum atomic E-state index is 13.3. The predicted octanol–water partition coefficient (Wildman–Crippen LogP) is 4.79. The van der Waals surface area contributed by atoms with E-state index in [1.54, 1.807) is 0 Å². The Hall–Kier alpha value is -3.23. The molecule has 1 amide bonds. The predicted molar refractivity (Wildman–Crippen MR) is 115 cm³/mol. The minimum atomic E-state index is -0.529. The molecule has 1 aliphatic rings. The molecule has 0 radical (unpaired) electrons. The Morgan fingerprint density at radius 2 is 2.00 bits per heavy atom. The van der Waals surface area contributed by atoms with Crippen LogP contribution in [-0.2, 0) is 9.53 Å². The van der Waals surface area contributed by atoms with Gasteiger partial charge in [-0.3, -0.25) is 4.79 Å². The minimum Gasteiger partial charge on any atom is -0.506 e. The summed E-state index contributed by atoms with van der Waals surface area (Å²) < 4.78 is 18.2. The van der Waals surface area contributed by atoms with Crippen LogP contribution in [0.25, 0.3) is 10.9 Å². The van der Waals surface area contributed by atoms with E-state index in [2.05, 4.69) is 27.2 Å². The summed E-state index contributed by atoms with van der Waals surface area (Å²) in [6.45, 7) is 5.36. The summed E-state index contributed by atoms with van der Waals surface area (Å²) in [6.07, 6.45) is 4.96. The first-order valence-electron chi connectivity index (χ1n) is 9.19. The fourth-order valence-electron chi connectivity index (χ4n) is 2.70. The van der Waals surface area contributed by atoms with Crippen molar-refractivity contribution in [2.75, 3.05) is 23.8 Å². The maximum absolute atomic E-state index is 13.3. The molecule has 0 spiro atoms. The van der Waals surface area contributed by atoms with Gasteiger partial charge < -0.3 is 20.5 Å². The van der Waals surface area contributed by atoms with Crippen molar-refractivity contribution < 1.29 is 19.0 Å². The van der Waals surface area contributed by atoms with Crippen LogP contribution in [0.2, 0.25) is 5.02 Å². The second-order valence-electron chi connectivity index (χ2n) is 6.38. The Labute approximate surface area is 177 Å². The van der Waals surface area contributed by atoms with Gasteiger partial charge in [-0.2, -0.15) is 0 Å². The van der Waals surface area contributed by atoms with E-state index < -0.39 is 11.7 Å². The highest BCUT2D eigenvalue weighted by Gasteiger charge is 2.11. The third kappa shape index (κ3) is 5.43. The monoisotopic (exact) mass is 430 g/mol. The van der Waals surface area contributed by atoms with E-state index >= 15 is 0 Å². The van der Waals surface area contributed by atoms with Crippen LogP contribution in [-0.4, -0.2) is 34.2 Å². The topological polar surface area (TPSA) is 96.4 Å². The molecule has 2 aromatic carbocycles. The maximum Gasteiger partial charge on any atom is 0.247 e. The zero-order chi connectivity index (χ0) is 21.5. The van der Waals surface area contributed by atoms with Crippen molar-refractivity contribution in [2.45, 2.75) is 12.8 Å². The number of halogens is 2. The van der Waals surface area contributed by atoms with Crippen molar-refractivity contribution in [2.24, 2.45) is 0 Å². The molecule has 1 fully saturated rings. The standard InChI is InChI=1S/C17H12ClFN4O2.C4H8O/c1-2-16(25)23-14-6-10-13(7-15(14)24)20-8-21-17(10)22-9-3-4-12(19)11(18)5-9;1-2-4-5-3-1/h2-8,24H,1H2,(H,23,25)(H,20,21,22);1-4H2. The SMILES string of the molecule is C1CCOC1.C=CC(=O)Nc1cc2c(Nc3ccc(F)c(Cl)c3)ncnc2cc1O. The molecule has 3 N–H and O–H groups in total. The molecule has 3 aromatic rings. The Kier molecular flexibility index (Phi) is 7.16. The van der Waals surface area contributed by atoms with Gasteiger partial charge in [0.15, 0.2) is 0 Å². The summed E-state index contributed by atoms with van der Waals surface area (Å²) in [5.74, 6) is -0.732. The molecule has 2 heterocycles. The van der Waals surface area contributed by atoms with Crippen LogP contribution in [0.5, 0.6) is 5.75 Å². The molecule has 0 unspecified atom stereocenters. The van der Waals surface area contributed by atoms with Gasteiger partial charge in [-0.15, -0.1) is 0 Å². The average molecular weight is 431 g/mol. The lowest BCUT2D eigenvalue weighted by molar-refractivity contribution is -0.111. The highest BCUT2D eigenvalue weighted by Crippen LogP contribution is 2.32. The molecular weight excluding hydrogens is 411 g/mol. The summed E-state index contributed by atoms with van der Waals surface area (Å²) in [6, 6.07) is 7.09. The van der Waals surface area contributed by atoms with E-state index in [0.29, 0.717) is 22.4 Å². The van der Waals surface area contributed by atoms with Crippen molar-refractivity contribution >= 4 is 45.6 Å². The van der Waals surface area contributed by atoms with Crippen molar-refractivity contribution in [3.8, 4) is 5.75 Å². The van der Waals surface area contributed by atoms with Crippen molar-refractivity contribution in [1.82, 2.24) is 9.97 Å². The number of ether oxygens (including phenoxy) is 1. The van der Waals surface area contributed by atoms with Crippen LogP contribution >= 0.6 is 11.6 Å². The number of anilines is 3. The number of nitrogens with one attached hydrogen (secondary N) is 2. The number of fused-ring (bicyclic) bond motifs is 1. The van der Waals surface area contributed by atoms with Crippen LogP contribution in [0.15, 0.2) is 49.3 Å². The Balaban J connectivity index is 0.000000448. The van der Waals surface area contributed by atoms with E-state index in [4.69, 9.17) is 16.3 Å². The van der Waals surface area contributed by atoms with Crippen molar-refractivity contribution in [3.63, 3.8) is 0 Å². The van der Waals surface area contributed by atoms with Crippen LogP contribution < -0.4 is 10.6 Å². The molecule has 7 nitrogen and oxygen atoms in total. The van der Waals surface area contributed by atoms with Crippen LogP contribution in [0.4, 0.5) is 21.6 Å². The van der Waals surface area contributed by atoms with Crippen LogP contribution in [0.3, 0.4) is 0 Å². The number of rotatable bonds is 4. The number of nitrogens with zero attached hydrogens (tertiary/aromatic N) is 2. The smallest absolute Gasteiger partial charge is 0.247 e. The molecule has 4 rings (SSSR count). The first-order valence-corrected chi connectivity index (χ1v) is 9.56. The van der Waals surface area contributed by atoms with Crippen LogP contribution in [0, 0.1) is 5.82 Å². The third-order valence-corrected chi connectivity index (χ3v) is 4.50. The van der Waals surface area contributed by atoms with Crippen molar-refractivity contribution in [3.05, 3.63) is 60.2 Å². The molecule has 0 aliphatic carbocycles. The zero-order valence-corrected chi connectivity index (χ0v) is 16.7. The number of carbonyl (C=O) groups excluding carboxylic acids is 1. The summed E-state index contributed by atoms with van der Waals surface area (Å²) in [5, 5.41) is 16.0. The van der Waals surface area contributed by atoms with Gasteiger partial charge in [-0.05, 0) is 43.2 Å². The molecule has 156 valence electrons. The molecule has 0 saturated carbocycles. The van der Waals surface area contributed by atoms with E-state index in [-0.39, 0.29) is 16.5 Å². The zero-order valence-electron chi connectivity index (χ0n) is 16.0. The third-order valence-electron chi connectivity index (χ3n) is 4.21. The van der Waals surface area contributed by atoms with Gasteiger partial charge >= 0.3 is 0 Å². The number of amides is 1. The molecule has 0 atom stereocenters. The minimum absolute atomic E-state index is 0.0278. The first-order chi connectivity index (χ1) is 14.5. The van der Waals surface area contributed by atoms with Crippen molar-refractivity contribution in [1.29, 1.82) is 0 Å². The van der Waals surface area contributed by atoms with Gasteiger partial charge in [-0.25, -0.2) is 14.4 Å². The number of phenolic OH excluding ortho intramolecular Hbond substituents is 1. The van der Waals surface area contributed by atoms with E-state index in [0.717, 1.165) is 19.3 Å². The molecule has 30 heavy (non-hydrogen) atoms. The number of carbonyl (C=O) groups is 1. The molecular formula is C21H20ClFN4O3. The van der Waals surface area contributed by atoms with E-state index in [1.807, 2.05) is 0 Å². The van der Waals surface area contributed by atoms with E-state index in [9.17, 15) is 14.3 Å². The van der Waals surface area contributed by atoms with Gasteiger partial charge in [0, 0.05) is 30.4 Å². The normalized spacial score (nSPS) is 12.7. The highest BCUT2D eigenvalue weighted by molar-refractivity contribution is 6.31. The summed E-state index contributed by atoms with van der Waals surface area (Å²) >= 11 is 5.78. The Morgan fingerprint density at radius 3 is 2.63 bits per heavy atom.